The Morgan fingerprint density at radius 2 is 1.95 bits per heavy atom. The molecule has 2 fully saturated rings. The lowest BCUT2D eigenvalue weighted by atomic mass is 10.1. The van der Waals surface area contributed by atoms with Crippen LogP contribution in [-0.2, 0) is 22.7 Å². The second-order valence-electron chi connectivity index (χ2n) is 9.92. The van der Waals surface area contributed by atoms with Gasteiger partial charge in [-0.05, 0) is 56.7 Å². The summed E-state index contributed by atoms with van der Waals surface area (Å²) < 4.78 is 21.8. The van der Waals surface area contributed by atoms with Gasteiger partial charge in [0, 0.05) is 35.3 Å². The number of Topliss-reactive ketones (excluding diaryl/α,β-unsaturated/α-hetero) is 1. The number of nitrogens with zero attached hydrogens (tertiary/aromatic N) is 2. The molecule has 2 aromatic carbocycles. The molecule has 2 atom stereocenters. The Morgan fingerprint density at radius 1 is 1.16 bits per heavy atom. The first-order valence-corrected chi connectivity index (χ1v) is 14.3. The number of aromatic nitrogens is 1. The molecular formula is C28H28ClFIN3O4. The first-order valence-electron chi connectivity index (χ1n) is 12.7. The fraction of sp³-hybridized carbons (Fsp3) is 0.393. The second-order valence-corrected chi connectivity index (χ2v) is 11.8. The normalized spacial score (nSPS) is 19.1. The molecular weight excluding hydrogens is 624 g/mol. The van der Waals surface area contributed by atoms with Crippen molar-refractivity contribution in [1.82, 2.24) is 14.8 Å². The third kappa shape index (κ3) is 5.68. The Labute approximate surface area is 238 Å². The second kappa shape index (κ2) is 11.2. The number of carbonyl (C=O) groups is 3. The number of ether oxygens (including phenoxy) is 1. The molecule has 1 saturated heterocycles. The number of hydrogen-bond acceptors (Lipinski definition) is 4. The molecule has 7 nitrogen and oxygen atoms in total. The van der Waals surface area contributed by atoms with Crippen LogP contribution in [0.25, 0.3) is 10.9 Å². The first kappa shape index (κ1) is 26.9. The van der Waals surface area contributed by atoms with E-state index in [1.165, 1.54) is 25.8 Å². The number of amides is 2. The molecule has 2 heterocycles. The summed E-state index contributed by atoms with van der Waals surface area (Å²) in [6.45, 7) is 2.11. The van der Waals surface area contributed by atoms with E-state index in [1.807, 2.05) is 18.2 Å². The molecule has 0 spiro atoms. The lowest BCUT2D eigenvalue weighted by molar-refractivity contribution is -0.139. The minimum atomic E-state index is -0.668. The summed E-state index contributed by atoms with van der Waals surface area (Å²) in [6.07, 6.45) is 5.23. The highest BCUT2D eigenvalue weighted by atomic mass is 127. The van der Waals surface area contributed by atoms with Gasteiger partial charge in [-0.1, -0.05) is 46.3 Å². The lowest BCUT2D eigenvalue weighted by Crippen LogP contribution is -2.48. The van der Waals surface area contributed by atoms with Gasteiger partial charge in [0.1, 0.15) is 24.2 Å². The monoisotopic (exact) mass is 651 g/mol. The largest absolute Gasteiger partial charge is 0.493 e. The van der Waals surface area contributed by atoms with Gasteiger partial charge in [0.05, 0.1) is 21.2 Å². The Balaban J connectivity index is 1.33. The molecule has 2 amide bonds. The van der Waals surface area contributed by atoms with Crippen molar-refractivity contribution in [2.75, 3.05) is 6.61 Å². The SMILES string of the molecule is CC(=O)c1cn(CC(=O)N2[C@H](I)CC[C@H]2C(=O)NCc2cccc(Cl)c2F)c2cc(OCC3CC3)ccc12. The van der Waals surface area contributed by atoms with Gasteiger partial charge in [-0.2, -0.15) is 0 Å². The average Bonchev–Trinajstić information content (AvgIpc) is 3.54. The van der Waals surface area contributed by atoms with E-state index in [0.717, 1.165) is 10.9 Å². The minimum Gasteiger partial charge on any atom is -0.493 e. The van der Waals surface area contributed by atoms with E-state index in [4.69, 9.17) is 16.3 Å². The number of rotatable bonds is 9. The van der Waals surface area contributed by atoms with Gasteiger partial charge in [0.2, 0.25) is 11.8 Å². The fourth-order valence-electron chi connectivity index (χ4n) is 4.84. The summed E-state index contributed by atoms with van der Waals surface area (Å²) in [5.74, 6) is 0.0700. The Morgan fingerprint density at radius 3 is 2.68 bits per heavy atom. The lowest BCUT2D eigenvalue weighted by Gasteiger charge is -2.27. The maximum Gasteiger partial charge on any atom is 0.244 e. The predicted octanol–water partition coefficient (Wildman–Crippen LogP) is 5.49. The molecule has 1 saturated carbocycles. The summed E-state index contributed by atoms with van der Waals surface area (Å²) in [4.78, 5) is 40.6. The van der Waals surface area contributed by atoms with Crippen LogP contribution in [0.5, 0.6) is 5.75 Å². The summed E-state index contributed by atoms with van der Waals surface area (Å²) in [6, 6.07) is 9.55. The molecule has 1 aliphatic carbocycles. The molecule has 1 N–H and O–H groups in total. The van der Waals surface area contributed by atoms with Crippen LogP contribution in [0, 0.1) is 11.7 Å². The van der Waals surface area contributed by atoms with Crippen molar-refractivity contribution in [3.63, 3.8) is 0 Å². The van der Waals surface area contributed by atoms with Crippen molar-refractivity contribution in [3.8, 4) is 5.75 Å². The van der Waals surface area contributed by atoms with E-state index in [2.05, 4.69) is 27.9 Å². The van der Waals surface area contributed by atoms with Crippen molar-refractivity contribution >= 4 is 62.7 Å². The van der Waals surface area contributed by atoms with Gasteiger partial charge in [-0.3, -0.25) is 14.4 Å². The number of carbonyl (C=O) groups excluding carboxylic acids is 3. The van der Waals surface area contributed by atoms with E-state index in [0.29, 0.717) is 36.7 Å². The Kier molecular flexibility index (Phi) is 7.95. The quantitative estimate of drug-likeness (QED) is 0.144. The summed E-state index contributed by atoms with van der Waals surface area (Å²) in [5.41, 5.74) is 1.55. The van der Waals surface area contributed by atoms with Crippen LogP contribution in [0.4, 0.5) is 4.39 Å². The number of halogens is 3. The van der Waals surface area contributed by atoms with Crippen LogP contribution >= 0.6 is 34.2 Å². The average molecular weight is 652 g/mol. The molecule has 1 aromatic heterocycles. The Hall–Kier alpha value is -2.66. The fourth-order valence-corrected chi connectivity index (χ4v) is 6.09. The van der Waals surface area contributed by atoms with E-state index in [-0.39, 0.29) is 45.3 Å². The number of alkyl halides is 1. The van der Waals surface area contributed by atoms with Gasteiger partial charge in [0.25, 0.3) is 0 Å². The van der Waals surface area contributed by atoms with Gasteiger partial charge in [-0.25, -0.2) is 4.39 Å². The molecule has 38 heavy (non-hydrogen) atoms. The van der Waals surface area contributed by atoms with Crippen molar-refractivity contribution in [1.29, 1.82) is 0 Å². The number of ketones is 1. The zero-order chi connectivity index (χ0) is 27.0. The molecule has 200 valence electrons. The molecule has 0 unspecified atom stereocenters. The van der Waals surface area contributed by atoms with Crippen molar-refractivity contribution in [2.45, 2.75) is 55.8 Å². The van der Waals surface area contributed by atoms with Crippen molar-refractivity contribution in [2.24, 2.45) is 5.92 Å². The molecule has 3 aromatic rings. The van der Waals surface area contributed by atoms with Gasteiger partial charge in [0.15, 0.2) is 5.78 Å². The summed E-state index contributed by atoms with van der Waals surface area (Å²) >= 11 is 8.03. The zero-order valence-electron chi connectivity index (χ0n) is 20.9. The van der Waals surface area contributed by atoms with E-state index >= 15 is 0 Å². The van der Waals surface area contributed by atoms with E-state index < -0.39 is 11.9 Å². The van der Waals surface area contributed by atoms with Gasteiger partial charge >= 0.3 is 0 Å². The van der Waals surface area contributed by atoms with Crippen LogP contribution in [0.2, 0.25) is 5.02 Å². The Bertz CT molecular complexity index is 1410. The summed E-state index contributed by atoms with van der Waals surface area (Å²) in [7, 11) is 0. The number of nitrogens with one attached hydrogen (secondary N) is 1. The molecule has 2 aliphatic rings. The maximum absolute atomic E-state index is 14.3. The summed E-state index contributed by atoms with van der Waals surface area (Å²) in [5, 5.41) is 3.51. The molecule has 5 rings (SSSR count). The third-order valence-corrected chi connectivity index (χ3v) is 8.63. The van der Waals surface area contributed by atoms with Crippen molar-refractivity contribution < 1.29 is 23.5 Å². The van der Waals surface area contributed by atoms with E-state index in [9.17, 15) is 18.8 Å². The molecule has 0 radical (unpaired) electrons. The zero-order valence-corrected chi connectivity index (χ0v) is 23.8. The minimum absolute atomic E-state index is 0.00766. The number of hydrogen-bond donors (Lipinski definition) is 1. The molecule has 1 aliphatic heterocycles. The van der Waals surface area contributed by atoms with Crippen LogP contribution in [-0.4, -0.2) is 43.8 Å². The third-order valence-electron chi connectivity index (χ3n) is 7.11. The highest BCUT2D eigenvalue weighted by Crippen LogP contribution is 2.33. The standard InChI is InChI=1S/C28H28ClFIN3O4/c1-16(35)21-13-33(24-11-19(7-8-20(21)24)38-15-17-5-6-17)14-26(36)34-23(9-10-25(34)31)28(37)32-12-18-3-2-4-22(29)27(18)30/h2-4,7-8,11,13,17,23,25H,5-6,9-10,12,14-15H2,1H3,(H,32,37)/t23-,25-/m0/s1. The maximum atomic E-state index is 14.3. The van der Waals surface area contributed by atoms with Crippen LogP contribution in [0.1, 0.15) is 48.5 Å². The number of benzene rings is 2. The van der Waals surface area contributed by atoms with Gasteiger partial charge in [-0.15, -0.1) is 0 Å². The number of likely N-dealkylation sites (tertiary alicyclic amines) is 1. The van der Waals surface area contributed by atoms with Crippen LogP contribution in [0.3, 0.4) is 0 Å². The first-order chi connectivity index (χ1) is 18.2. The highest BCUT2D eigenvalue weighted by molar-refractivity contribution is 14.1. The molecule has 10 heteroatoms. The molecule has 0 bridgehead atoms. The number of fused-ring (bicyclic) bond motifs is 1. The van der Waals surface area contributed by atoms with Crippen LogP contribution < -0.4 is 10.1 Å². The predicted molar refractivity (Wildman–Crippen MR) is 151 cm³/mol. The topological polar surface area (TPSA) is 80.6 Å². The smallest absolute Gasteiger partial charge is 0.244 e. The highest BCUT2D eigenvalue weighted by Gasteiger charge is 2.39. The van der Waals surface area contributed by atoms with Crippen molar-refractivity contribution in [3.05, 3.63) is 64.6 Å². The van der Waals surface area contributed by atoms with E-state index in [1.54, 1.807) is 27.8 Å². The van der Waals surface area contributed by atoms with Gasteiger partial charge < -0.3 is 19.5 Å². The van der Waals surface area contributed by atoms with Crippen LogP contribution in [0.15, 0.2) is 42.6 Å².